The third-order valence-corrected chi connectivity index (χ3v) is 5.16. The van der Waals surface area contributed by atoms with Gasteiger partial charge >= 0.3 is 0 Å². The smallest absolute Gasteiger partial charge is 0.251 e. The lowest BCUT2D eigenvalue weighted by Gasteiger charge is -2.39. The van der Waals surface area contributed by atoms with Gasteiger partial charge in [-0.25, -0.2) is 0 Å². The summed E-state index contributed by atoms with van der Waals surface area (Å²) in [6.07, 6.45) is 4.41. The van der Waals surface area contributed by atoms with E-state index in [1.54, 1.807) is 6.08 Å². The first-order valence-corrected chi connectivity index (χ1v) is 9.69. The van der Waals surface area contributed by atoms with Crippen LogP contribution in [-0.4, -0.2) is 11.9 Å². The predicted octanol–water partition coefficient (Wildman–Crippen LogP) is 5.68. The Morgan fingerprint density at radius 2 is 1.57 bits per heavy atom. The maximum atomic E-state index is 13.0. The Labute approximate surface area is 166 Å². The Hall–Kier alpha value is -3.33. The van der Waals surface area contributed by atoms with Gasteiger partial charge in [-0.15, -0.1) is 0 Å². The molecule has 4 rings (SSSR count). The molecule has 140 valence electrons. The molecule has 1 N–H and O–H groups in total. The van der Waals surface area contributed by atoms with Gasteiger partial charge in [0.05, 0.1) is 6.04 Å². The Kier molecular flexibility index (Phi) is 5.24. The van der Waals surface area contributed by atoms with Gasteiger partial charge in [-0.1, -0.05) is 66.7 Å². The van der Waals surface area contributed by atoms with Crippen molar-refractivity contribution in [1.29, 1.82) is 0 Å². The van der Waals surface area contributed by atoms with Crippen molar-refractivity contribution in [2.24, 2.45) is 0 Å². The average molecular weight is 368 g/mol. The van der Waals surface area contributed by atoms with Gasteiger partial charge in [0.1, 0.15) is 0 Å². The highest BCUT2D eigenvalue weighted by molar-refractivity contribution is 6.05. The fraction of sp³-hybridized carbons (Fsp3) is 0.160. The third-order valence-electron chi connectivity index (χ3n) is 5.16. The van der Waals surface area contributed by atoms with Crippen molar-refractivity contribution in [3.63, 3.8) is 0 Å². The quantitative estimate of drug-likeness (QED) is 0.601. The summed E-state index contributed by atoms with van der Waals surface area (Å²) in [4.78, 5) is 14.9. The number of hydrogen-bond donors (Lipinski definition) is 1. The van der Waals surface area contributed by atoms with Gasteiger partial charge in [-0.2, -0.15) is 0 Å². The lowest BCUT2D eigenvalue weighted by Crippen LogP contribution is -2.43. The Morgan fingerprint density at radius 1 is 0.929 bits per heavy atom. The molecule has 0 saturated heterocycles. The normalized spacial score (nSPS) is 18.7. The van der Waals surface area contributed by atoms with Crippen LogP contribution in [0.15, 0.2) is 91.0 Å². The van der Waals surface area contributed by atoms with Gasteiger partial charge in [-0.3, -0.25) is 4.79 Å². The summed E-state index contributed by atoms with van der Waals surface area (Å²) in [6, 6.07) is 28.6. The zero-order chi connectivity index (χ0) is 19.3. The maximum absolute atomic E-state index is 13.0. The minimum Gasteiger partial charge on any atom is -0.378 e. The van der Waals surface area contributed by atoms with Crippen LogP contribution < -0.4 is 10.2 Å². The van der Waals surface area contributed by atoms with E-state index in [4.69, 9.17) is 0 Å². The summed E-state index contributed by atoms with van der Waals surface area (Å²) in [5.41, 5.74) is 4.26. The molecule has 1 aliphatic rings. The Morgan fingerprint density at radius 3 is 2.32 bits per heavy atom. The van der Waals surface area contributed by atoms with Gasteiger partial charge < -0.3 is 10.2 Å². The third kappa shape index (κ3) is 3.84. The number of para-hydroxylation sites is 2. The predicted molar refractivity (Wildman–Crippen MR) is 116 cm³/mol. The van der Waals surface area contributed by atoms with Crippen molar-refractivity contribution in [3.8, 4) is 0 Å². The topological polar surface area (TPSA) is 32.3 Å². The van der Waals surface area contributed by atoms with Crippen LogP contribution in [0.3, 0.4) is 0 Å². The second-order valence-corrected chi connectivity index (χ2v) is 7.16. The number of nitrogens with zero attached hydrogens (tertiary/aromatic N) is 1. The first-order chi connectivity index (χ1) is 13.7. The van der Waals surface area contributed by atoms with Crippen LogP contribution >= 0.6 is 0 Å². The molecule has 28 heavy (non-hydrogen) atoms. The highest BCUT2D eigenvalue weighted by atomic mass is 16.2. The first kappa shape index (κ1) is 18.1. The van der Waals surface area contributed by atoms with Gasteiger partial charge in [0.15, 0.2) is 0 Å². The average Bonchev–Trinajstić information content (AvgIpc) is 2.74. The van der Waals surface area contributed by atoms with Crippen LogP contribution in [0.25, 0.3) is 6.08 Å². The molecule has 0 spiro atoms. The van der Waals surface area contributed by atoms with Crippen molar-refractivity contribution in [1.82, 2.24) is 0 Å². The van der Waals surface area contributed by atoms with E-state index >= 15 is 0 Å². The molecule has 3 heteroatoms. The van der Waals surface area contributed by atoms with Crippen LogP contribution in [0.1, 0.15) is 30.5 Å². The van der Waals surface area contributed by atoms with E-state index in [2.05, 4.69) is 30.4 Å². The van der Waals surface area contributed by atoms with E-state index in [0.717, 1.165) is 28.9 Å². The van der Waals surface area contributed by atoms with Gasteiger partial charge in [-0.05, 0) is 48.7 Å². The van der Waals surface area contributed by atoms with Gasteiger partial charge in [0.25, 0.3) is 5.91 Å². The SMILES string of the molecule is C[C@@H]1C[C@H](Nc2ccccc2)c2ccccc2N1C(=O)/C=C/c1ccccc1. The molecule has 3 aromatic carbocycles. The lowest BCUT2D eigenvalue weighted by molar-refractivity contribution is -0.114. The molecule has 0 unspecified atom stereocenters. The molecule has 1 amide bonds. The lowest BCUT2D eigenvalue weighted by atomic mass is 9.91. The number of anilines is 2. The van der Waals surface area contributed by atoms with Crippen LogP contribution in [0.2, 0.25) is 0 Å². The second kappa shape index (κ2) is 8.13. The van der Waals surface area contributed by atoms with Crippen molar-refractivity contribution in [2.75, 3.05) is 10.2 Å². The molecular formula is C25H24N2O. The first-order valence-electron chi connectivity index (χ1n) is 9.69. The largest absolute Gasteiger partial charge is 0.378 e. The number of benzene rings is 3. The fourth-order valence-corrected chi connectivity index (χ4v) is 3.83. The van der Waals surface area contributed by atoms with Crippen molar-refractivity contribution in [3.05, 3.63) is 102 Å². The van der Waals surface area contributed by atoms with E-state index in [1.807, 2.05) is 77.7 Å². The molecule has 0 aliphatic carbocycles. The number of carbonyl (C=O) groups is 1. The molecule has 0 bridgehead atoms. The summed E-state index contributed by atoms with van der Waals surface area (Å²) in [6.45, 7) is 2.11. The standard InChI is InChI=1S/C25H24N2O/c1-19-18-23(26-21-12-6-3-7-13-21)22-14-8-9-15-24(22)27(19)25(28)17-16-20-10-4-2-5-11-20/h2-17,19,23,26H,18H2,1H3/b17-16+/t19-,23+/m1/s1. The van der Waals surface area contributed by atoms with E-state index in [1.165, 1.54) is 0 Å². The highest BCUT2D eigenvalue weighted by Crippen LogP contribution is 2.39. The van der Waals surface area contributed by atoms with Gasteiger partial charge in [0.2, 0.25) is 0 Å². The summed E-state index contributed by atoms with van der Waals surface area (Å²) >= 11 is 0. The Bertz CT molecular complexity index is 966. The van der Waals surface area contributed by atoms with Crippen molar-refractivity contribution >= 4 is 23.4 Å². The van der Waals surface area contributed by atoms with E-state index in [9.17, 15) is 4.79 Å². The molecule has 0 fully saturated rings. The van der Waals surface area contributed by atoms with Crippen molar-refractivity contribution in [2.45, 2.75) is 25.4 Å². The second-order valence-electron chi connectivity index (χ2n) is 7.16. The number of hydrogen-bond acceptors (Lipinski definition) is 2. The number of nitrogens with one attached hydrogen (secondary N) is 1. The van der Waals surface area contributed by atoms with Crippen LogP contribution in [-0.2, 0) is 4.79 Å². The number of fused-ring (bicyclic) bond motifs is 1. The fourth-order valence-electron chi connectivity index (χ4n) is 3.83. The number of carbonyl (C=O) groups excluding carboxylic acids is 1. The van der Waals surface area contributed by atoms with Crippen LogP contribution in [0.5, 0.6) is 0 Å². The van der Waals surface area contributed by atoms with E-state index in [0.29, 0.717) is 0 Å². The molecule has 3 aromatic rings. The molecule has 2 atom stereocenters. The number of rotatable bonds is 4. The van der Waals surface area contributed by atoms with Gasteiger partial charge in [0, 0.05) is 23.5 Å². The van der Waals surface area contributed by atoms with E-state index < -0.39 is 0 Å². The van der Waals surface area contributed by atoms with Crippen LogP contribution in [0, 0.1) is 0 Å². The highest BCUT2D eigenvalue weighted by Gasteiger charge is 2.32. The zero-order valence-electron chi connectivity index (χ0n) is 16.0. The molecule has 1 aliphatic heterocycles. The Balaban J connectivity index is 1.61. The summed E-state index contributed by atoms with van der Waals surface area (Å²) in [5.74, 6) is 0.0157. The monoisotopic (exact) mass is 368 g/mol. The summed E-state index contributed by atoms with van der Waals surface area (Å²) in [7, 11) is 0. The maximum Gasteiger partial charge on any atom is 0.251 e. The summed E-state index contributed by atoms with van der Waals surface area (Å²) < 4.78 is 0. The molecule has 0 aromatic heterocycles. The summed E-state index contributed by atoms with van der Waals surface area (Å²) in [5, 5.41) is 3.63. The number of amides is 1. The zero-order valence-corrected chi connectivity index (χ0v) is 16.0. The van der Waals surface area contributed by atoms with Crippen molar-refractivity contribution < 1.29 is 4.79 Å². The van der Waals surface area contributed by atoms with E-state index in [-0.39, 0.29) is 18.0 Å². The molecule has 3 nitrogen and oxygen atoms in total. The molecular weight excluding hydrogens is 344 g/mol. The molecule has 0 radical (unpaired) electrons. The van der Waals surface area contributed by atoms with Crippen LogP contribution in [0.4, 0.5) is 11.4 Å². The minimum absolute atomic E-state index is 0.0157. The minimum atomic E-state index is 0.0157. The molecule has 0 saturated carbocycles. The molecule has 1 heterocycles.